The third-order valence-corrected chi connectivity index (χ3v) is 3.74. The average molecular weight is 385 g/mol. The Balaban J connectivity index is 1.65. The summed E-state index contributed by atoms with van der Waals surface area (Å²) in [6.45, 7) is 0. The molecule has 1 amide bonds. The van der Waals surface area contributed by atoms with Gasteiger partial charge in [-0.25, -0.2) is 10.1 Å². The van der Waals surface area contributed by atoms with Crippen LogP contribution in [0, 0.1) is 0 Å². The number of phenolic OH excluding ortho intramolecular Hbond substituents is 1. The normalized spacial score (nSPS) is 10.9. The monoisotopic (exact) mass is 384 g/mol. The highest BCUT2D eigenvalue weighted by atomic mass is 79.9. The molecule has 120 valence electrons. The number of nitrogens with one attached hydrogen (secondary N) is 1. The number of halogens is 1. The number of carbonyl (C=O) groups excluding carboxylic acids is 1. The lowest BCUT2D eigenvalue weighted by atomic mass is 10.2. The SMILES string of the molecule is O=C(N/N=C\c1ccc(O)cc1)c1cnn(-c2ccc(Br)cc2)c1. The molecule has 3 aromatic rings. The number of phenols is 1. The zero-order valence-electron chi connectivity index (χ0n) is 12.4. The van der Waals surface area contributed by atoms with Gasteiger partial charge < -0.3 is 5.11 Å². The van der Waals surface area contributed by atoms with E-state index >= 15 is 0 Å². The van der Waals surface area contributed by atoms with Crippen molar-refractivity contribution >= 4 is 28.1 Å². The smallest absolute Gasteiger partial charge is 0.274 e. The fourth-order valence-corrected chi connectivity index (χ4v) is 2.23. The molecular weight excluding hydrogens is 372 g/mol. The molecule has 0 aliphatic heterocycles. The number of aromatic hydroxyl groups is 1. The highest BCUT2D eigenvalue weighted by Crippen LogP contribution is 2.14. The van der Waals surface area contributed by atoms with E-state index in [9.17, 15) is 9.90 Å². The number of hydrogen-bond donors (Lipinski definition) is 2. The van der Waals surface area contributed by atoms with Crippen LogP contribution in [0.3, 0.4) is 0 Å². The van der Waals surface area contributed by atoms with E-state index in [1.807, 2.05) is 24.3 Å². The molecule has 0 bridgehead atoms. The third kappa shape index (κ3) is 3.88. The van der Waals surface area contributed by atoms with Crippen molar-refractivity contribution in [3.63, 3.8) is 0 Å². The minimum absolute atomic E-state index is 0.177. The van der Waals surface area contributed by atoms with Crippen molar-refractivity contribution in [1.82, 2.24) is 15.2 Å². The van der Waals surface area contributed by atoms with Crippen LogP contribution < -0.4 is 5.43 Å². The molecule has 0 aliphatic rings. The zero-order valence-corrected chi connectivity index (χ0v) is 14.0. The number of hydrazone groups is 1. The lowest BCUT2D eigenvalue weighted by Gasteiger charge is -2.00. The average Bonchev–Trinajstić information content (AvgIpc) is 3.07. The van der Waals surface area contributed by atoms with Gasteiger partial charge in [0.15, 0.2) is 0 Å². The molecule has 0 fully saturated rings. The molecule has 0 radical (unpaired) electrons. The Hall–Kier alpha value is -2.93. The van der Waals surface area contributed by atoms with Crippen molar-refractivity contribution in [3.8, 4) is 11.4 Å². The third-order valence-electron chi connectivity index (χ3n) is 3.21. The molecule has 2 aromatic carbocycles. The molecule has 0 spiro atoms. The first kappa shape index (κ1) is 15.9. The summed E-state index contributed by atoms with van der Waals surface area (Å²) >= 11 is 3.37. The van der Waals surface area contributed by atoms with Crippen LogP contribution in [0.4, 0.5) is 0 Å². The van der Waals surface area contributed by atoms with Crippen LogP contribution in [0.2, 0.25) is 0 Å². The molecule has 0 saturated heterocycles. The number of hydrogen-bond acceptors (Lipinski definition) is 4. The Bertz CT molecular complexity index is 870. The highest BCUT2D eigenvalue weighted by molar-refractivity contribution is 9.10. The Kier molecular flexibility index (Phi) is 4.72. The van der Waals surface area contributed by atoms with Gasteiger partial charge in [-0.15, -0.1) is 0 Å². The van der Waals surface area contributed by atoms with E-state index in [0.717, 1.165) is 15.7 Å². The number of rotatable bonds is 4. The maximum absolute atomic E-state index is 12.1. The van der Waals surface area contributed by atoms with Gasteiger partial charge in [-0.05, 0) is 54.1 Å². The molecule has 0 atom stereocenters. The van der Waals surface area contributed by atoms with Crippen molar-refractivity contribution in [2.45, 2.75) is 0 Å². The van der Waals surface area contributed by atoms with Crippen LogP contribution >= 0.6 is 15.9 Å². The summed E-state index contributed by atoms with van der Waals surface area (Å²) in [5, 5.41) is 17.3. The molecule has 0 aliphatic carbocycles. The molecule has 1 heterocycles. The van der Waals surface area contributed by atoms with E-state index in [1.54, 1.807) is 35.1 Å². The molecule has 2 N–H and O–H groups in total. The first-order valence-electron chi connectivity index (χ1n) is 7.05. The fourth-order valence-electron chi connectivity index (χ4n) is 1.97. The lowest BCUT2D eigenvalue weighted by Crippen LogP contribution is -2.16. The summed E-state index contributed by atoms with van der Waals surface area (Å²) in [5.41, 5.74) is 4.46. The summed E-state index contributed by atoms with van der Waals surface area (Å²) in [7, 11) is 0. The molecule has 0 unspecified atom stereocenters. The van der Waals surface area contributed by atoms with Crippen LogP contribution in [-0.4, -0.2) is 27.0 Å². The van der Waals surface area contributed by atoms with Crippen molar-refractivity contribution in [2.75, 3.05) is 0 Å². The molecule has 24 heavy (non-hydrogen) atoms. The van der Waals surface area contributed by atoms with Gasteiger partial charge in [0.25, 0.3) is 5.91 Å². The molecule has 3 rings (SSSR count). The Morgan fingerprint density at radius 3 is 2.58 bits per heavy atom. The van der Waals surface area contributed by atoms with Gasteiger partial charge in [-0.2, -0.15) is 10.2 Å². The minimum atomic E-state index is -0.353. The van der Waals surface area contributed by atoms with Crippen LogP contribution in [-0.2, 0) is 0 Å². The Labute approximate surface area is 146 Å². The second-order valence-corrected chi connectivity index (χ2v) is 5.86. The number of carbonyl (C=O) groups is 1. The highest BCUT2D eigenvalue weighted by Gasteiger charge is 2.08. The van der Waals surface area contributed by atoms with Gasteiger partial charge in [0.1, 0.15) is 5.75 Å². The molecule has 7 heteroatoms. The summed E-state index contributed by atoms with van der Waals surface area (Å²) in [6, 6.07) is 14.1. The Morgan fingerprint density at radius 2 is 1.88 bits per heavy atom. The first-order chi connectivity index (χ1) is 11.6. The van der Waals surface area contributed by atoms with E-state index in [-0.39, 0.29) is 11.7 Å². The second-order valence-electron chi connectivity index (χ2n) is 4.94. The van der Waals surface area contributed by atoms with Gasteiger partial charge in [-0.1, -0.05) is 15.9 Å². The summed E-state index contributed by atoms with van der Waals surface area (Å²) in [5.74, 6) is -0.176. The Morgan fingerprint density at radius 1 is 1.17 bits per heavy atom. The number of benzene rings is 2. The van der Waals surface area contributed by atoms with Crippen LogP contribution in [0.5, 0.6) is 5.75 Å². The van der Waals surface area contributed by atoms with E-state index in [0.29, 0.717) is 5.56 Å². The number of nitrogens with zero attached hydrogens (tertiary/aromatic N) is 3. The van der Waals surface area contributed by atoms with E-state index < -0.39 is 0 Å². The minimum Gasteiger partial charge on any atom is -0.508 e. The van der Waals surface area contributed by atoms with Gasteiger partial charge in [0.2, 0.25) is 0 Å². The van der Waals surface area contributed by atoms with Gasteiger partial charge in [-0.3, -0.25) is 4.79 Å². The van der Waals surface area contributed by atoms with E-state index in [2.05, 4.69) is 31.6 Å². The lowest BCUT2D eigenvalue weighted by molar-refractivity contribution is 0.0955. The van der Waals surface area contributed by atoms with Gasteiger partial charge >= 0.3 is 0 Å². The number of aromatic nitrogens is 2. The van der Waals surface area contributed by atoms with E-state index in [1.165, 1.54) is 12.4 Å². The largest absolute Gasteiger partial charge is 0.508 e. The van der Waals surface area contributed by atoms with Crippen LogP contribution in [0.1, 0.15) is 15.9 Å². The second kappa shape index (κ2) is 7.10. The number of amides is 1. The van der Waals surface area contributed by atoms with Crippen molar-refractivity contribution in [2.24, 2.45) is 5.10 Å². The summed E-state index contributed by atoms with van der Waals surface area (Å²) < 4.78 is 2.59. The quantitative estimate of drug-likeness (QED) is 0.535. The molecule has 0 saturated carbocycles. The molecule has 6 nitrogen and oxygen atoms in total. The maximum Gasteiger partial charge on any atom is 0.274 e. The predicted octanol–water partition coefficient (Wildman–Crippen LogP) is 3.10. The molecule has 1 aromatic heterocycles. The van der Waals surface area contributed by atoms with Crippen LogP contribution in [0.25, 0.3) is 5.69 Å². The van der Waals surface area contributed by atoms with Gasteiger partial charge in [0, 0.05) is 10.7 Å². The standard InChI is InChI=1S/C17H13BrN4O2/c18-14-3-5-15(6-4-14)22-11-13(10-20-22)17(24)21-19-9-12-1-7-16(23)8-2-12/h1-11,23H,(H,21,24)/b19-9-. The predicted molar refractivity (Wildman–Crippen MR) is 94.4 cm³/mol. The van der Waals surface area contributed by atoms with Crippen molar-refractivity contribution < 1.29 is 9.90 Å². The van der Waals surface area contributed by atoms with Crippen LogP contribution in [0.15, 0.2) is 70.5 Å². The first-order valence-corrected chi connectivity index (χ1v) is 7.84. The van der Waals surface area contributed by atoms with Crippen molar-refractivity contribution in [1.29, 1.82) is 0 Å². The van der Waals surface area contributed by atoms with Crippen molar-refractivity contribution in [3.05, 3.63) is 76.5 Å². The zero-order chi connectivity index (χ0) is 16.9. The van der Waals surface area contributed by atoms with E-state index in [4.69, 9.17) is 0 Å². The summed E-state index contributed by atoms with van der Waals surface area (Å²) in [4.78, 5) is 12.1. The van der Waals surface area contributed by atoms with Gasteiger partial charge in [0.05, 0.1) is 23.7 Å². The maximum atomic E-state index is 12.1. The topological polar surface area (TPSA) is 79.5 Å². The molecular formula is C17H13BrN4O2. The fraction of sp³-hybridized carbons (Fsp3) is 0. The summed E-state index contributed by atoms with van der Waals surface area (Å²) in [6.07, 6.45) is 4.61.